The van der Waals surface area contributed by atoms with Crippen LogP contribution in [-0.4, -0.2) is 5.91 Å². The molecule has 1 aromatic rings. The van der Waals surface area contributed by atoms with Gasteiger partial charge in [0.1, 0.15) is 0 Å². The van der Waals surface area contributed by atoms with Gasteiger partial charge in [0.05, 0.1) is 0 Å². The van der Waals surface area contributed by atoms with Gasteiger partial charge in [0, 0.05) is 11.5 Å². The van der Waals surface area contributed by atoms with Gasteiger partial charge in [-0.05, 0) is 5.56 Å². The average Bonchev–Trinajstić information content (AvgIpc) is 2.17. The Hall–Kier alpha value is -1.57. The molecule has 13 heavy (non-hydrogen) atoms. The number of primary amides is 1. The first-order chi connectivity index (χ1) is 6.13. The summed E-state index contributed by atoms with van der Waals surface area (Å²) in [5.41, 5.74) is 6.65. The number of hydrogen-bond donors (Lipinski definition) is 1. The summed E-state index contributed by atoms with van der Waals surface area (Å²) in [7, 11) is 0. The lowest BCUT2D eigenvalue weighted by atomic mass is 9.94. The molecule has 0 saturated heterocycles. The second-order valence-electron chi connectivity index (χ2n) is 3.02. The van der Waals surface area contributed by atoms with Crippen LogP contribution in [0.4, 0.5) is 0 Å². The molecule has 1 aromatic carbocycles. The normalized spacial score (nSPS) is 12.1. The smallest absolute Gasteiger partial charge is 0.244 e. The number of nitrogens with two attached hydrogens (primary N) is 1. The first-order valence-corrected chi connectivity index (χ1v) is 4.16. The first kappa shape index (κ1) is 9.52. The van der Waals surface area contributed by atoms with E-state index in [0.717, 1.165) is 5.56 Å². The molecule has 0 fully saturated rings. The number of carbonyl (C=O) groups excluding carboxylic acids is 1. The maximum absolute atomic E-state index is 10.8. The van der Waals surface area contributed by atoms with Gasteiger partial charge in [-0.25, -0.2) is 0 Å². The largest absolute Gasteiger partial charge is 0.366 e. The Balaban J connectivity index is 2.86. The molecule has 2 heteroatoms. The standard InChI is InChI=1S/C11H13NO/c1-8(9(2)11(12)13)10-6-4-3-5-7-10/h3-8H,2H2,1H3,(H2,12,13). The van der Waals surface area contributed by atoms with Gasteiger partial charge < -0.3 is 5.73 Å². The number of rotatable bonds is 3. The van der Waals surface area contributed by atoms with E-state index < -0.39 is 5.91 Å². The Kier molecular flexibility index (Phi) is 2.85. The number of hydrogen-bond acceptors (Lipinski definition) is 1. The minimum absolute atomic E-state index is 0.00120. The molecule has 2 N–H and O–H groups in total. The third-order valence-corrected chi connectivity index (χ3v) is 2.14. The number of benzene rings is 1. The van der Waals surface area contributed by atoms with Crippen LogP contribution in [0.3, 0.4) is 0 Å². The van der Waals surface area contributed by atoms with Crippen molar-refractivity contribution in [2.75, 3.05) is 0 Å². The Morgan fingerprint density at radius 1 is 1.38 bits per heavy atom. The van der Waals surface area contributed by atoms with Gasteiger partial charge in [0.25, 0.3) is 0 Å². The van der Waals surface area contributed by atoms with Crippen LogP contribution in [0.1, 0.15) is 18.4 Å². The summed E-state index contributed by atoms with van der Waals surface area (Å²) >= 11 is 0. The maximum Gasteiger partial charge on any atom is 0.244 e. The van der Waals surface area contributed by atoms with Crippen LogP contribution in [0.2, 0.25) is 0 Å². The second kappa shape index (κ2) is 3.90. The highest BCUT2D eigenvalue weighted by molar-refractivity contribution is 5.92. The average molecular weight is 175 g/mol. The SMILES string of the molecule is C=C(C(N)=O)C(C)c1ccccc1. The lowest BCUT2D eigenvalue weighted by Crippen LogP contribution is -2.17. The third-order valence-electron chi connectivity index (χ3n) is 2.14. The first-order valence-electron chi connectivity index (χ1n) is 4.16. The molecule has 2 nitrogen and oxygen atoms in total. The van der Waals surface area contributed by atoms with E-state index in [1.807, 2.05) is 37.3 Å². The molecule has 0 saturated carbocycles. The molecule has 0 aliphatic heterocycles. The molecular formula is C11H13NO. The zero-order valence-electron chi connectivity index (χ0n) is 7.66. The number of carbonyl (C=O) groups is 1. The molecule has 0 aliphatic carbocycles. The van der Waals surface area contributed by atoms with Crippen molar-refractivity contribution in [1.29, 1.82) is 0 Å². The van der Waals surface area contributed by atoms with Crippen molar-refractivity contribution in [1.82, 2.24) is 0 Å². The summed E-state index contributed by atoms with van der Waals surface area (Å²) in [6.45, 7) is 5.58. The second-order valence-corrected chi connectivity index (χ2v) is 3.02. The molecule has 0 radical (unpaired) electrons. The lowest BCUT2D eigenvalue weighted by Gasteiger charge is -2.11. The molecule has 0 heterocycles. The lowest BCUT2D eigenvalue weighted by molar-refractivity contribution is -0.114. The van der Waals surface area contributed by atoms with Gasteiger partial charge in [-0.1, -0.05) is 43.8 Å². The van der Waals surface area contributed by atoms with Crippen molar-refractivity contribution in [2.24, 2.45) is 5.73 Å². The molecule has 0 aromatic heterocycles. The van der Waals surface area contributed by atoms with Crippen molar-refractivity contribution < 1.29 is 4.79 Å². The van der Waals surface area contributed by atoms with Gasteiger partial charge in [0.2, 0.25) is 5.91 Å². The van der Waals surface area contributed by atoms with E-state index in [4.69, 9.17) is 5.73 Å². The van der Waals surface area contributed by atoms with Crippen LogP contribution < -0.4 is 5.73 Å². The van der Waals surface area contributed by atoms with Crippen molar-refractivity contribution in [3.8, 4) is 0 Å². The fourth-order valence-corrected chi connectivity index (χ4v) is 1.16. The van der Waals surface area contributed by atoms with E-state index in [1.165, 1.54) is 0 Å². The van der Waals surface area contributed by atoms with Gasteiger partial charge in [-0.3, -0.25) is 4.79 Å². The van der Waals surface area contributed by atoms with Crippen molar-refractivity contribution in [2.45, 2.75) is 12.8 Å². The van der Waals surface area contributed by atoms with E-state index in [1.54, 1.807) is 0 Å². The van der Waals surface area contributed by atoms with Gasteiger partial charge in [0.15, 0.2) is 0 Å². The Bertz CT molecular complexity index is 316. The van der Waals surface area contributed by atoms with Gasteiger partial charge in [-0.2, -0.15) is 0 Å². The van der Waals surface area contributed by atoms with Crippen LogP contribution >= 0.6 is 0 Å². The van der Waals surface area contributed by atoms with Crippen LogP contribution in [0, 0.1) is 0 Å². The third kappa shape index (κ3) is 2.18. The fraction of sp³-hybridized carbons (Fsp3) is 0.182. The fourth-order valence-electron chi connectivity index (χ4n) is 1.16. The van der Waals surface area contributed by atoms with E-state index in [9.17, 15) is 4.79 Å². The highest BCUT2D eigenvalue weighted by Gasteiger charge is 2.12. The van der Waals surface area contributed by atoms with E-state index in [-0.39, 0.29) is 5.92 Å². The van der Waals surface area contributed by atoms with E-state index in [2.05, 4.69) is 6.58 Å². The molecule has 1 atom stereocenters. The highest BCUT2D eigenvalue weighted by atomic mass is 16.1. The van der Waals surface area contributed by atoms with Crippen LogP contribution in [-0.2, 0) is 4.79 Å². The Morgan fingerprint density at radius 3 is 2.38 bits per heavy atom. The van der Waals surface area contributed by atoms with Crippen LogP contribution in [0.15, 0.2) is 42.5 Å². The van der Waals surface area contributed by atoms with Crippen molar-refractivity contribution >= 4 is 5.91 Å². The maximum atomic E-state index is 10.8. The molecular weight excluding hydrogens is 162 g/mol. The van der Waals surface area contributed by atoms with Gasteiger partial charge in [-0.15, -0.1) is 0 Å². The quantitative estimate of drug-likeness (QED) is 0.700. The Morgan fingerprint density at radius 2 is 1.92 bits per heavy atom. The van der Waals surface area contributed by atoms with Gasteiger partial charge >= 0.3 is 0 Å². The van der Waals surface area contributed by atoms with Crippen molar-refractivity contribution in [3.63, 3.8) is 0 Å². The summed E-state index contributed by atoms with van der Waals surface area (Å²) in [4.78, 5) is 10.8. The summed E-state index contributed by atoms with van der Waals surface area (Å²) in [6, 6.07) is 9.71. The molecule has 1 rings (SSSR count). The molecule has 0 bridgehead atoms. The molecule has 1 amide bonds. The zero-order chi connectivity index (χ0) is 9.84. The number of amides is 1. The predicted molar refractivity (Wildman–Crippen MR) is 53.2 cm³/mol. The van der Waals surface area contributed by atoms with E-state index in [0.29, 0.717) is 5.57 Å². The summed E-state index contributed by atoms with van der Waals surface area (Å²) in [6.07, 6.45) is 0. The minimum Gasteiger partial charge on any atom is -0.366 e. The molecule has 68 valence electrons. The molecule has 0 aliphatic rings. The highest BCUT2D eigenvalue weighted by Crippen LogP contribution is 2.21. The van der Waals surface area contributed by atoms with Crippen LogP contribution in [0.5, 0.6) is 0 Å². The molecule has 1 unspecified atom stereocenters. The topological polar surface area (TPSA) is 43.1 Å². The molecule has 0 spiro atoms. The summed E-state index contributed by atoms with van der Waals surface area (Å²) in [5, 5.41) is 0. The summed E-state index contributed by atoms with van der Waals surface area (Å²) < 4.78 is 0. The predicted octanol–water partition coefficient (Wildman–Crippen LogP) is 1.83. The minimum atomic E-state index is -0.434. The summed E-state index contributed by atoms with van der Waals surface area (Å²) in [5.74, 6) is -0.435. The monoisotopic (exact) mass is 175 g/mol. The van der Waals surface area contributed by atoms with Crippen molar-refractivity contribution in [3.05, 3.63) is 48.0 Å². The Labute approximate surface area is 78.1 Å². The zero-order valence-corrected chi connectivity index (χ0v) is 7.66. The van der Waals surface area contributed by atoms with Crippen LogP contribution in [0.25, 0.3) is 0 Å². The van der Waals surface area contributed by atoms with E-state index >= 15 is 0 Å².